The molecule has 1 saturated heterocycles. The van der Waals surface area contributed by atoms with Crippen molar-refractivity contribution in [3.63, 3.8) is 0 Å². The zero-order chi connectivity index (χ0) is 13.8. The van der Waals surface area contributed by atoms with Gasteiger partial charge in [-0.15, -0.1) is 35.9 Å². The van der Waals surface area contributed by atoms with Crippen LogP contribution in [0.15, 0.2) is 0 Å². The number of hydrogen-bond acceptors (Lipinski definition) is 2. The lowest BCUT2D eigenvalue weighted by Crippen LogP contribution is -2.16. The molecule has 0 aromatic rings. The summed E-state index contributed by atoms with van der Waals surface area (Å²) < 4.78 is 0.583. The molecule has 0 radical (unpaired) electrons. The fourth-order valence-electron chi connectivity index (χ4n) is 2.71. The average Bonchev–Trinajstić information content (AvgIpc) is 2.88. The smallest absolute Gasteiger partial charge is 0.0611 e. The van der Waals surface area contributed by atoms with Crippen LogP contribution in [0.3, 0.4) is 0 Å². The van der Waals surface area contributed by atoms with E-state index < -0.39 is 0 Å². The van der Waals surface area contributed by atoms with Crippen molar-refractivity contribution in [2.75, 3.05) is 11.5 Å². The number of terminal acetylenes is 1. The normalized spacial score (nSPS) is 17.5. The predicted octanol–water partition coefficient (Wildman–Crippen LogP) is 6.11. The Morgan fingerprint density at radius 3 is 2.05 bits per heavy atom. The molecule has 110 valence electrons. The quantitative estimate of drug-likeness (QED) is 0.333. The standard InChI is InChI=1S/C17H30S2/c1-3-5-7-9-10-12-14-17(18-15-16-19-17)13-11-8-6-4-2/h1H,4-16H2,2H3. The summed E-state index contributed by atoms with van der Waals surface area (Å²) in [6, 6.07) is 0. The van der Waals surface area contributed by atoms with E-state index in [2.05, 4.69) is 36.4 Å². The van der Waals surface area contributed by atoms with Crippen LogP contribution >= 0.6 is 23.5 Å². The largest absolute Gasteiger partial charge is 0.143 e. The van der Waals surface area contributed by atoms with Gasteiger partial charge in [0.25, 0.3) is 0 Å². The zero-order valence-corrected chi connectivity index (χ0v) is 14.2. The van der Waals surface area contributed by atoms with Gasteiger partial charge in [-0.05, 0) is 19.3 Å². The van der Waals surface area contributed by atoms with Crippen molar-refractivity contribution in [3.8, 4) is 12.3 Å². The van der Waals surface area contributed by atoms with Crippen molar-refractivity contribution in [1.29, 1.82) is 0 Å². The molecule has 1 heterocycles. The Labute approximate surface area is 129 Å². The van der Waals surface area contributed by atoms with E-state index in [4.69, 9.17) is 6.42 Å². The van der Waals surface area contributed by atoms with Gasteiger partial charge < -0.3 is 0 Å². The first kappa shape index (κ1) is 17.3. The molecule has 0 aromatic carbocycles. The third-order valence-electron chi connectivity index (χ3n) is 3.85. The molecule has 0 atom stereocenters. The molecule has 0 N–H and O–H groups in total. The van der Waals surface area contributed by atoms with Crippen LogP contribution in [0.25, 0.3) is 0 Å². The van der Waals surface area contributed by atoms with Gasteiger partial charge in [0.15, 0.2) is 0 Å². The van der Waals surface area contributed by atoms with Crippen LogP contribution in [0.2, 0.25) is 0 Å². The first-order chi connectivity index (χ1) is 9.33. The molecule has 0 spiro atoms. The molecule has 0 aromatic heterocycles. The summed E-state index contributed by atoms with van der Waals surface area (Å²) in [5.74, 6) is 5.48. The molecule has 0 aliphatic carbocycles. The summed E-state index contributed by atoms with van der Waals surface area (Å²) in [6.45, 7) is 2.30. The molecular weight excluding hydrogens is 268 g/mol. The van der Waals surface area contributed by atoms with Crippen LogP contribution in [0.1, 0.15) is 77.6 Å². The Balaban J connectivity index is 2.14. The highest BCUT2D eigenvalue weighted by Gasteiger charge is 2.34. The molecular formula is C17H30S2. The molecule has 1 fully saturated rings. The summed E-state index contributed by atoms with van der Waals surface area (Å²) in [4.78, 5) is 0. The molecule has 0 amide bonds. The number of thioether (sulfide) groups is 2. The van der Waals surface area contributed by atoms with E-state index in [9.17, 15) is 0 Å². The van der Waals surface area contributed by atoms with Crippen molar-refractivity contribution < 1.29 is 0 Å². The zero-order valence-electron chi connectivity index (χ0n) is 12.6. The maximum absolute atomic E-state index is 5.29. The first-order valence-electron chi connectivity index (χ1n) is 8.04. The fraction of sp³-hybridized carbons (Fsp3) is 0.882. The van der Waals surface area contributed by atoms with Crippen molar-refractivity contribution in [2.24, 2.45) is 0 Å². The third kappa shape index (κ3) is 7.57. The van der Waals surface area contributed by atoms with Gasteiger partial charge in [-0.1, -0.05) is 51.9 Å². The minimum absolute atomic E-state index is 0.583. The molecule has 1 rings (SSSR count). The summed E-state index contributed by atoms with van der Waals surface area (Å²) in [5, 5.41) is 0. The Hall–Kier alpha value is 0.260. The Kier molecular flexibility index (Phi) is 10.0. The maximum Gasteiger partial charge on any atom is 0.0611 e. The minimum Gasteiger partial charge on any atom is -0.143 e. The molecule has 0 bridgehead atoms. The van der Waals surface area contributed by atoms with E-state index in [0.29, 0.717) is 4.08 Å². The van der Waals surface area contributed by atoms with Gasteiger partial charge in [-0.2, -0.15) is 0 Å². The van der Waals surface area contributed by atoms with Crippen LogP contribution in [0, 0.1) is 12.3 Å². The fourth-order valence-corrected chi connectivity index (χ4v) is 6.11. The molecule has 2 heteroatoms. The van der Waals surface area contributed by atoms with Crippen LogP contribution < -0.4 is 0 Å². The summed E-state index contributed by atoms with van der Waals surface area (Å²) >= 11 is 4.49. The number of hydrogen-bond donors (Lipinski definition) is 0. The Morgan fingerprint density at radius 2 is 1.47 bits per heavy atom. The van der Waals surface area contributed by atoms with Gasteiger partial charge in [-0.3, -0.25) is 0 Å². The highest BCUT2D eigenvalue weighted by atomic mass is 32.2. The van der Waals surface area contributed by atoms with Crippen molar-refractivity contribution in [1.82, 2.24) is 0 Å². The SMILES string of the molecule is C#CCCCCCCC1(CCCCCC)SCCS1. The third-order valence-corrected chi connectivity index (χ3v) is 7.50. The highest BCUT2D eigenvalue weighted by Crippen LogP contribution is 2.50. The molecule has 1 aliphatic heterocycles. The first-order valence-corrected chi connectivity index (χ1v) is 10.0. The van der Waals surface area contributed by atoms with Gasteiger partial charge in [-0.25, -0.2) is 0 Å². The number of unbranched alkanes of at least 4 members (excludes halogenated alkanes) is 7. The van der Waals surface area contributed by atoms with Crippen LogP contribution in [0.4, 0.5) is 0 Å². The Bertz CT molecular complexity index is 248. The minimum atomic E-state index is 0.583. The molecule has 0 unspecified atom stereocenters. The second-order valence-electron chi connectivity index (χ2n) is 5.54. The van der Waals surface area contributed by atoms with Crippen LogP contribution in [-0.2, 0) is 0 Å². The van der Waals surface area contributed by atoms with E-state index in [1.807, 2.05) is 0 Å². The Morgan fingerprint density at radius 1 is 0.895 bits per heavy atom. The molecule has 0 saturated carbocycles. The van der Waals surface area contributed by atoms with Crippen molar-refractivity contribution >= 4 is 23.5 Å². The summed E-state index contributed by atoms with van der Waals surface area (Å²) in [7, 11) is 0. The average molecular weight is 299 g/mol. The highest BCUT2D eigenvalue weighted by molar-refractivity contribution is 8.21. The maximum atomic E-state index is 5.29. The topological polar surface area (TPSA) is 0 Å². The van der Waals surface area contributed by atoms with E-state index in [-0.39, 0.29) is 0 Å². The van der Waals surface area contributed by atoms with E-state index >= 15 is 0 Å². The van der Waals surface area contributed by atoms with Crippen molar-refractivity contribution in [3.05, 3.63) is 0 Å². The lowest BCUT2D eigenvalue weighted by molar-refractivity contribution is 0.541. The predicted molar refractivity (Wildman–Crippen MR) is 92.9 cm³/mol. The van der Waals surface area contributed by atoms with Crippen molar-refractivity contribution in [2.45, 2.75) is 81.6 Å². The lowest BCUT2D eigenvalue weighted by Gasteiger charge is -2.27. The number of rotatable bonds is 11. The lowest BCUT2D eigenvalue weighted by atomic mass is 10.0. The summed E-state index contributed by atoms with van der Waals surface area (Å²) in [5.41, 5.74) is 0. The van der Waals surface area contributed by atoms with E-state index in [1.165, 1.54) is 75.7 Å². The molecule has 0 nitrogen and oxygen atoms in total. The van der Waals surface area contributed by atoms with E-state index in [0.717, 1.165) is 6.42 Å². The second-order valence-corrected chi connectivity index (χ2v) is 8.75. The van der Waals surface area contributed by atoms with Gasteiger partial charge in [0.1, 0.15) is 0 Å². The van der Waals surface area contributed by atoms with E-state index in [1.54, 1.807) is 0 Å². The van der Waals surface area contributed by atoms with Crippen LogP contribution in [0.5, 0.6) is 0 Å². The monoisotopic (exact) mass is 298 g/mol. The second kappa shape index (κ2) is 11.0. The van der Waals surface area contributed by atoms with Gasteiger partial charge in [0.05, 0.1) is 4.08 Å². The van der Waals surface area contributed by atoms with Crippen LogP contribution in [-0.4, -0.2) is 15.6 Å². The van der Waals surface area contributed by atoms with Gasteiger partial charge >= 0.3 is 0 Å². The molecule has 1 aliphatic rings. The summed E-state index contributed by atoms with van der Waals surface area (Å²) in [6.07, 6.45) is 20.1. The molecule has 19 heavy (non-hydrogen) atoms. The van der Waals surface area contributed by atoms with Gasteiger partial charge in [0, 0.05) is 17.9 Å². The van der Waals surface area contributed by atoms with Gasteiger partial charge in [0.2, 0.25) is 0 Å².